The van der Waals surface area contributed by atoms with Crippen molar-refractivity contribution >= 4 is 23.6 Å². The Balaban J connectivity index is 1.59. The molecule has 1 saturated carbocycles. The third-order valence-electron chi connectivity index (χ3n) is 5.96. The van der Waals surface area contributed by atoms with Gasteiger partial charge in [-0.15, -0.1) is 11.8 Å². The third-order valence-corrected chi connectivity index (χ3v) is 6.97. The van der Waals surface area contributed by atoms with E-state index in [2.05, 4.69) is 48.6 Å². The molecule has 2 aromatic carbocycles. The van der Waals surface area contributed by atoms with E-state index in [0.717, 1.165) is 19.3 Å². The number of aryl methyl sites for hydroxylation is 1. The average molecular weight is 439 g/mol. The van der Waals surface area contributed by atoms with Crippen LogP contribution in [0.3, 0.4) is 0 Å². The first-order valence-corrected chi connectivity index (χ1v) is 12.3. The van der Waals surface area contributed by atoms with E-state index in [1.807, 2.05) is 25.1 Å². The summed E-state index contributed by atoms with van der Waals surface area (Å²) < 4.78 is 0. The van der Waals surface area contributed by atoms with Gasteiger partial charge in [0.05, 0.1) is 0 Å². The van der Waals surface area contributed by atoms with Crippen LogP contribution in [-0.4, -0.2) is 41.1 Å². The molecule has 2 amide bonds. The van der Waals surface area contributed by atoms with E-state index < -0.39 is 6.04 Å². The maximum Gasteiger partial charge on any atom is 0.242 e. The second-order valence-corrected chi connectivity index (χ2v) is 9.57. The van der Waals surface area contributed by atoms with Crippen molar-refractivity contribution in [2.24, 2.45) is 0 Å². The van der Waals surface area contributed by atoms with E-state index in [1.54, 1.807) is 16.7 Å². The third kappa shape index (κ3) is 7.42. The van der Waals surface area contributed by atoms with E-state index in [1.165, 1.54) is 28.9 Å². The Hall–Kier alpha value is -2.27. The molecule has 166 valence electrons. The normalized spacial score (nSPS) is 14.9. The molecule has 2 aromatic rings. The maximum atomic E-state index is 13.1. The number of benzene rings is 2. The second kappa shape index (κ2) is 11.9. The molecule has 0 bridgehead atoms. The highest BCUT2D eigenvalue weighted by Crippen LogP contribution is 2.21. The molecule has 1 aliphatic carbocycles. The summed E-state index contributed by atoms with van der Waals surface area (Å²) in [5.41, 5.74) is 2.41. The van der Waals surface area contributed by atoms with E-state index >= 15 is 0 Å². The molecule has 3 rings (SSSR count). The van der Waals surface area contributed by atoms with Gasteiger partial charge in [0.25, 0.3) is 0 Å². The minimum atomic E-state index is -0.457. The van der Waals surface area contributed by atoms with Crippen LogP contribution in [0.2, 0.25) is 0 Å². The van der Waals surface area contributed by atoms with E-state index in [9.17, 15) is 9.59 Å². The molecule has 0 radical (unpaired) electrons. The Morgan fingerprint density at radius 2 is 1.74 bits per heavy atom. The van der Waals surface area contributed by atoms with Crippen molar-refractivity contribution in [3.63, 3.8) is 0 Å². The zero-order valence-corrected chi connectivity index (χ0v) is 19.5. The van der Waals surface area contributed by atoms with Crippen LogP contribution in [0, 0.1) is 6.92 Å². The zero-order chi connectivity index (χ0) is 22.1. The van der Waals surface area contributed by atoms with Gasteiger partial charge in [-0.3, -0.25) is 9.59 Å². The van der Waals surface area contributed by atoms with Gasteiger partial charge in [0.1, 0.15) is 6.04 Å². The molecule has 1 atom stereocenters. The van der Waals surface area contributed by atoms with Crippen LogP contribution in [0.4, 0.5) is 0 Å². The molecule has 1 aliphatic rings. The van der Waals surface area contributed by atoms with Crippen molar-refractivity contribution in [3.8, 4) is 0 Å². The largest absolute Gasteiger partial charge is 0.352 e. The first-order valence-electron chi connectivity index (χ1n) is 11.4. The monoisotopic (exact) mass is 438 g/mol. The molecule has 0 spiro atoms. The predicted octanol–water partition coefficient (Wildman–Crippen LogP) is 5.00. The summed E-state index contributed by atoms with van der Waals surface area (Å²) in [5, 5.41) is 3.16. The fraction of sp³-hybridized carbons (Fsp3) is 0.462. The van der Waals surface area contributed by atoms with Gasteiger partial charge in [-0.1, -0.05) is 60.9 Å². The topological polar surface area (TPSA) is 49.4 Å². The van der Waals surface area contributed by atoms with Gasteiger partial charge in [0.15, 0.2) is 0 Å². The minimum Gasteiger partial charge on any atom is -0.352 e. The predicted molar refractivity (Wildman–Crippen MR) is 128 cm³/mol. The lowest BCUT2D eigenvalue weighted by Crippen LogP contribution is -2.50. The number of hydrogen-bond donors (Lipinski definition) is 1. The van der Waals surface area contributed by atoms with Crippen LogP contribution in [0.25, 0.3) is 0 Å². The van der Waals surface area contributed by atoms with Gasteiger partial charge in [-0.25, -0.2) is 0 Å². The molecular formula is C26H34N2O2S. The highest BCUT2D eigenvalue weighted by Gasteiger charge is 2.27. The number of rotatable bonds is 10. The second-order valence-electron chi connectivity index (χ2n) is 8.40. The van der Waals surface area contributed by atoms with Gasteiger partial charge in [-0.05, 0) is 50.8 Å². The maximum absolute atomic E-state index is 13.1. The fourth-order valence-electron chi connectivity index (χ4n) is 4.00. The molecule has 0 heterocycles. The van der Waals surface area contributed by atoms with Crippen molar-refractivity contribution in [2.75, 3.05) is 12.3 Å². The summed E-state index contributed by atoms with van der Waals surface area (Å²) in [4.78, 5) is 28.9. The van der Waals surface area contributed by atoms with Gasteiger partial charge in [0, 0.05) is 29.7 Å². The van der Waals surface area contributed by atoms with Crippen LogP contribution in [-0.2, 0) is 16.0 Å². The molecule has 5 heteroatoms. The Bertz CT molecular complexity index is 832. The van der Waals surface area contributed by atoms with E-state index in [4.69, 9.17) is 0 Å². The van der Waals surface area contributed by atoms with Crippen molar-refractivity contribution in [2.45, 2.75) is 69.4 Å². The van der Waals surface area contributed by atoms with Gasteiger partial charge in [0.2, 0.25) is 11.8 Å². The standard InChI is InChI=1S/C26H34N2O2S/c1-20-12-14-24(15-13-20)31-19-17-25(29)28(18-16-22-8-4-3-5-9-22)21(2)26(30)27-23-10-6-7-11-23/h3-5,8-9,12-15,21,23H,6-7,10-11,16-19H2,1-2H3,(H,27,30). The van der Waals surface area contributed by atoms with E-state index in [0.29, 0.717) is 18.7 Å². The number of amides is 2. The number of carbonyl (C=O) groups excluding carboxylic acids is 2. The molecule has 1 N–H and O–H groups in total. The van der Waals surface area contributed by atoms with Crippen LogP contribution >= 0.6 is 11.8 Å². The van der Waals surface area contributed by atoms with Crippen molar-refractivity contribution in [1.82, 2.24) is 10.2 Å². The van der Waals surface area contributed by atoms with Crippen LogP contribution < -0.4 is 5.32 Å². The lowest BCUT2D eigenvalue weighted by molar-refractivity contribution is -0.139. The summed E-state index contributed by atoms with van der Waals surface area (Å²) in [6.45, 7) is 4.48. The fourth-order valence-corrected chi connectivity index (χ4v) is 4.84. The summed E-state index contributed by atoms with van der Waals surface area (Å²) in [7, 11) is 0. The van der Waals surface area contributed by atoms with E-state index in [-0.39, 0.29) is 17.9 Å². The summed E-state index contributed by atoms with van der Waals surface area (Å²) in [6, 6.07) is 18.3. The number of nitrogens with one attached hydrogen (secondary N) is 1. The van der Waals surface area contributed by atoms with Crippen molar-refractivity contribution in [3.05, 3.63) is 65.7 Å². The zero-order valence-electron chi connectivity index (χ0n) is 18.7. The molecule has 0 aromatic heterocycles. The molecule has 1 fully saturated rings. The Morgan fingerprint density at radius 1 is 1.06 bits per heavy atom. The average Bonchev–Trinajstić information content (AvgIpc) is 3.29. The first-order chi connectivity index (χ1) is 15.0. The highest BCUT2D eigenvalue weighted by atomic mass is 32.2. The Kier molecular flexibility index (Phi) is 9.01. The summed E-state index contributed by atoms with van der Waals surface area (Å²) >= 11 is 1.69. The minimum absolute atomic E-state index is 0.0282. The number of carbonyl (C=O) groups is 2. The van der Waals surface area contributed by atoms with Gasteiger partial charge < -0.3 is 10.2 Å². The molecule has 4 nitrogen and oxygen atoms in total. The van der Waals surface area contributed by atoms with Gasteiger partial charge in [-0.2, -0.15) is 0 Å². The molecule has 31 heavy (non-hydrogen) atoms. The SMILES string of the molecule is Cc1ccc(SCCC(=O)N(CCc2ccccc2)C(C)C(=O)NC2CCCC2)cc1. The summed E-state index contributed by atoms with van der Waals surface area (Å²) in [5.74, 6) is 0.727. The van der Waals surface area contributed by atoms with Gasteiger partial charge >= 0.3 is 0 Å². The number of nitrogens with zero attached hydrogens (tertiary/aromatic N) is 1. The quantitative estimate of drug-likeness (QED) is 0.531. The lowest BCUT2D eigenvalue weighted by Gasteiger charge is -2.29. The Labute approximate surface area is 190 Å². The lowest BCUT2D eigenvalue weighted by atomic mass is 10.1. The molecule has 1 unspecified atom stereocenters. The molecule has 0 aliphatic heterocycles. The van der Waals surface area contributed by atoms with Crippen molar-refractivity contribution < 1.29 is 9.59 Å². The number of thioether (sulfide) groups is 1. The van der Waals surface area contributed by atoms with Crippen LogP contribution in [0.15, 0.2) is 59.5 Å². The Morgan fingerprint density at radius 3 is 2.42 bits per heavy atom. The number of hydrogen-bond acceptors (Lipinski definition) is 3. The van der Waals surface area contributed by atoms with Crippen LogP contribution in [0.1, 0.15) is 50.2 Å². The molecule has 0 saturated heterocycles. The van der Waals surface area contributed by atoms with Crippen molar-refractivity contribution in [1.29, 1.82) is 0 Å². The molecular weight excluding hydrogens is 404 g/mol. The highest BCUT2D eigenvalue weighted by molar-refractivity contribution is 7.99. The summed E-state index contributed by atoms with van der Waals surface area (Å²) in [6.07, 6.45) is 5.61. The van der Waals surface area contributed by atoms with Crippen LogP contribution in [0.5, 0.6) is 0 Å². The smallest absolute Gasteiger partial charge is 0.242 e. The first kappa shape index (κ1) is 23.4.